The summed E-state index contributed by atoms with van der Waals surface area (Å²) in [6.45, 7) is 0.528. The molecule has 5 atom stereocenters. The first kappa shape index (κ1) is 23.1. The third-order valence-electron chi connectivity index (χ3n) is 5.20. The molecule has 1 unspecified atom stereocenters. The van der Waals surface area contributed by atoms with Crippen LogP contribution in [0.2, 0.25) is 5.28 Å². The highest BCUT2D eigenvalue weighted by Crippen LogP contribution is 2.34. The third kappa shape index (κ3) is 4.25. The molecule has 13 heteroatoms. The number of aromatic nitrogens is 4. The largest absolute Gasteiger partial charge is 0.387 e. The summed E-state index contributed by atoms with van der Waals surface area (Å²) in [4.78, 5) is 26.1. The minimum absolute atomic E-state index is 0.0505. The second-order valence-electron chi connectivity index (χ2n) is 7.45. The van der Waals surface area contributed by atoms with E-state index in [0.717, 1.165) is 9.13 Å². The molecule has 170 valence electrons. The number of amides is 1. The Morgan fingerprint density at radius 2 is 2.12 bits per heavy atom. The van der Waals surface area contributed by atoms with E-state index in [1.54, 1.807) is 0 Å². The number of carbonyl (C=O) groups excluding carboxylic acids is 1. The molecule has 0 spiro atoms. The number of primary amides is 1. The quantitative estimate of drug-likeness (QED) is 0.238. The van der Waals surface area contributed by atoms with Gasteiger partial charge in [0.15, 0.2) is 29.3 Å². The molecule has 32 heavy (non-hydrogen) atoms. The van der Waals surface area contributed by atoms with Crippen molar-refractivity contribution in [3.63, 3.8) is 0 Å². The van der Waals surface area contributed by atoms with Crippen LogP contribution in [0, 0.1) is 3.57 Å². The Bertz CT molecular complexity index is 1160. The molecule has 1 fully saturated rings. The summed E-state index contributed by atoms with van der Waals surface area (Å²) in [5.41, 5.74) is 6.80. The molecular weight excluding hydrogens is 555 g/mol. The zero-order valence-electron chi connectivity index (χ0n) is 16.7. The van der Waals surface area contributed by atoms with Gasteiger partial charge in [0, 0.05) is 17.2 Å². The van der Waals surface area contributed by atoms with Gasteiger partial charge in [-0.05, 0) is 51.9 Å². The van der Waals surface area contributed by atoms with Crippen molar-refractivity contribution in [3.05, 3.63) is 45.0 Å². The molecule has 1 aliphatic heterocycles. The minimum atomic E-state index is -1.80. The number of benzene rings is 1. The number of anilines is 1. The molecule has 5 N–H and O–H groups in total. The number of hydrogen-bond acceptors (Lipinski definition) is 9. The lowest BCUT2D eigenvalue weighted by atomic mass is 10.1. The molecular formula is C19H20ClIN6O5. The summed E-state index contributed by atoms with van der Waals surface area (Å²) in [5, 5.41) is 30.6. The van der Waals surface area contributed by atoms with Crippen LogP contribution in [0.15, 0.2) is 30.6 Å². The maximum absolute atomic E-state index is 11.3. The number of nitrogens with two attached hydrogens (primary N) is 1. The van der Waals surface area contributed by atoms with Crippen molar-refractivity contribution in [2.75, 3.05) is 11.9 Å². The van der Waals surface area contributed by atoms with Gasteiger partial charge in [-0.15, -0.1) is 0 Å². The van der Waals surface area contributed by atoms with Crippen LogP contribution >= 0.6 is 34.2 Å². The van der Waals surface area contributed by atoms with Crippen molar-refractivity contribution in [1.82, 2.24) is 19.5 Å². The first-order valence-corrected chi connectivity index (χ1v) is 11.0. The van der Waals surface area contributed by atoms with E-state index in [2.05, 4.69) is 37.5 Å². The highest BCUT2D eigenvalue weighted by Gasteiger charge is 2.48. The normalized spacial score (nSPS) is 24.1. The number of imidazole rings is 1. The van der Waals surface area contributed by atoms with Crippen molar-refractivity contribution in [2.45, 2.75) is 37.2 Å². The van der Waals surface area contributed by atoms with Gasteiger partial charge in [0.2, 0.25) is 11.2 Å². The Hall–Kier alpha value is -2.10. The van der Waals surface area contributed by atoms with Crippen molar-refractivity contribution in [3.8, 4) is 0 Å². The molecule has 0 bridgehead atoms. The summed E-state index contributed by atoms with van der Waals surface area (Å²) in [5.74, 6) is -0.624. The van der Waals surface area contributed by atoms with E-state index in [0.29, 0.717) is 17.9 Å². The molecule has 0 aliphatic carbocycles. The van der Waals surface area contributed by atoms with Crippen LogP contribution in [0.5, 0.6) is 0 Å². The lowest BCUT2D eigenvalue weighted by Gasteiger charge is -2.20. The highest BCUT2D eigenvalue weighted by atomic mass is 127. The number of hydrogen-bond donors (Lipinski definition) is 4. The summed E-state index contributed by atoms with van der Waals surface area (Å²) >= 11 is 8.41. The smallest absolute Gasteiger partial charge is 0.249 e. The SMILES string of the molecule is CN(Cc1cccc(I)c1)c1nc(Cl)nc2c1ncn2[C@@H]1O[C@H](C(O)C(N)=O)[C@@H](O)[C@H]1O. The van der Waals surface area contributed by atoms with Crippen LogP contribution < -0.4 is 10.6 Å². The van der Waals surface area contributed by atoms with Crippen molar-refractivity contribution >= 4 is 57.1 Å². The van der Waals surface area contributed by atoms with Gasteiger partial charge < -0.3 is 30.7 Å². The lowest BCUT2D eigenvalue weighted by molar-refractivity contribution is -0.140. The Balaban J connectivity index is 1.68. The summed E-state index contributed by atoms with van der Waals surface area (Å²) < 4.78 is 8.03. The summed E-state index contributed by atoms with van der Waals surface area (Å²) in [7, 11) is 1.83. The van der Waals surface area contributed by atoms with Crippen LogP contribution in [-0.4, -0.2) is 72.2 Å². The second kappa shape index (κ2) is 9.03. The molecule has 1 aliphatic rings. The molecule has 2 aromatic heterocycles. The fourth-order valence-electron chi connectivity index (χ4n) is 3.65. The molecule has 1 saturated heterocycles. The van der Waals surface area contributed by atoms with Crippen LogP contribution in [0.25, 0.3) is 11.2 Å². The van der Waals surface area contributed by atoms with E-state index >= 15 is 0 Å². The number of aliphatic hydroxyl groups is 3. The number of aliphatic hydroxyl groups excluding tert-OH is 3. The molecule has 1 amide bonds. The maximum Gasteiger partial charge on any atom is 0.249 e. The zero-order valence-corrected chi connectivity index (χ0v) is 19.6. The Kier molecular flexibility index (Phi) is 6.51. The monoisotopic (exact) mass is 574 g/mol. The average Bonchev–Trinajstić information content (AvgIpc) is 3.28. The highest BCUT2D eigenvalue weighted by molar-refractivity contribution is 14.1. The fourth-order valence-corrected chi connectivity index (χ4v) is 4.42. The lowest BCUT2D eigenvalue weighted by Crippen LogP contribution is -2.45. The average molecular weight is 575 g/mol. The van der Waals surface area contributed by atoms with E-state index in [1.165, 1.54) is 10.9 Å². The van der Waals surface area contributed by atoms with E-state index in [9.17, 15) is 20.1 Å². The van der Waals surface area contributed by atoms with Crippen molar-refractivity contribution in [1.29, 1.82) is 0 Å². The second-order valence-corrected chi connectivity index (χ2v) is 9.03. The van der Waals surface area contributed by atoms with E-state index < -0.39 is 36.6 Å². The molecule has 0 radical (unpaired) electrons. The fraction of sp³-hybridized carbons (Fsp3) is 0.368. The first-order valence-electron chi connectivity index (χ1n) is 9.52. The summed E-state index contributed by atoms with van der Waals surface area (Å²) in [6, 6.07) is 7.99. The van der Waals surface area contributed by atoms with E-state index in [-0.39, 0.29) is 10.9 Å². The minimum Gasteiger partial charge on any atom is -0.387 e. The first-order chi connectivity index (χ1) is 15.2. The molecule has 1 aromatic carbocycles. The van der Waals surface area contributed by atoms with Gasteiger partial charge in [0.1, 0.15) is 18.3 Å². The molecule has 3 heterocycles. The number of fused-ring (bicyclic) bond motifs is 1. The Labute approximate surface area is 200 Å². The van der Waals surface area contributed by atoms with Crippen LogP contribution in [0.3, 0.4) is 0 Å². The van der Waals surface area contributed by atoms with E-state index in [1.807, 2.05) is 36.2 Å². The number of rotatable bonds is 6. The Morgan fingerprint density at radius 3 is 2.81 bits per heavy atom. The predicted octanol–water partition coefficient (Wildman–Crippen LogP) is 0.186. The van der Waals surface area contributed by atoms with Crippen LogP contribution in [-0.2, 0) is 16.1 Å². The topological polar surface area (TPSA) is 160 Å². The molecule has 4 rings (SSSR count). The van der Waals surface area contributed by atoms with Gasteiger partial charge in [0.25, 0.3) is 0 Å². The van der Waals surface area contributed by atoms with Crippen molar-refractivity contribution in [2.24, 2.45) is 5.73 Å². The predicted molar refractivity (Wildman–Crippen MR) is 123 cm³/mol. The number of ether oxygens (including phenoxy) is 1. The number of nitrogens with zero attached hydrogens (tertiary/aromatic N) is 5. The zero-order chi connectivity index (χ0) is 23.2. The van der Waals surface area contributed by atoms with Gasteiger partial charge in [-0.2, -0.15) is 9.97 Å². The maximum atomic E-state index is 11.3. The summed E-state index contributed by atoms with van der Waals surface area (Å²) in [6.07, 6.45) is -6.07. The van der Waals surface area contributed by atoms with Gasteiger partial charge in [-0.1, -0.05) is 12.1 Å². The van der Waals surface area contributed by atoms with Gasteiger partial charge in [0.05, 0.1) is 6.33 Å². The number of halogens is 2. The van der Waals surface area contributed by atoms with Gasteiger partial charge >= 0.3 is 0 Å². The van der Waals surface area contributed by atoms with Gasteiger partial charge in [-0.25, -0.2) is 4.98 Å². The number of carbonyl (C=O) groups is 1. The van der Waals surface area contributed by atoms with Crippen LogP contribution in [0.4, 0.5) is 5.82 Å². The van der Waals surface area contributed by atoms with E-state index in [4.69, 9.17) is 22.1 Å². The van der Waals surface area contributed by atoms with Gasteiger partial charge in [-0.3, -0.25) is 9.36 Å². The molecule has 11 nitrogen and oxygen atoms in total. The van der Waals surface area contributed by atoms with Crippen LogP contribution in [0.1, 0.15) is 11.8 Å². The molecule has 3 aromatic rings. The molecule has 0 saturated carbocycles. The Morgan fingerprint density at radius 1 is 1.38 bits per heavy atom. The standard InChI is InChI=1S/C19H20ClIN6O5/c1-26(6-8-3-2-4-9(21)5-8)16-10-17(25-19(20)24-16)27(7-23-10)18-12(29)11(28)14(32-18)13(30)15(22)31/h2-5,7,11-14,18,28-30H,6H2,1H3,(H2,22,31)/t11-,12+,13?,14-,18+/m0/s1. The van der Waals surface area contributed by atoms with Crippen molar-refractivity contribution < 1.29 is 24.9 Å². The third-order valence-corrected chi connectivity index (χ3v) is 6.04.